The molecule has 0 amide bonds. The summed E-state index contributed by atoms with van der Waals surface area (Å²) in [6, 6.07) is 9.81. The van der Waals surface area contributed by atoms with Crippen LogP contribution in [0.25, 0.3) is 21.8 Å². The second-order valence-electron chi connectivity index (χ2n) is 7.64. The predicted octanol–water partition coefficient (Wildman–Crippen LogP) is 5.58. The van der Waals surface area contributed by atoms with Crippen LogP contribution < -0.4 is 16.2 Å². The number of hydrogen-bond acceptors (Lipinski definition) is 8. The minimum atomic E-state index is -0.777. The topological polar surface area (TPSA) is 103 Å². The van der Waals surface area contributed by atoms with Crippen molar-refractivity contribution >= 4 is 34.9 Å². The van der Waals surface area contributed by atoms with Gasteiger partial charge in [-0.25, -0.2) is 28.1 Å². The molecule has 11 heteroatoms. The largest absolute Gasteiger partial charge is 0.368 e. The zero-order valence-electron chi connectivity index (χ0n) is 17.6. The van der Waals surface area contributed by atoms with Crippen LogP contribution >= 0.6 is 23.3 Å². The zero-order chi connectivity index (χ0) is 23.8. The van der Waals surface area contributed by atoms with E-state index in [2.05, 4.69) is 19.7 Å². The molecule has 5 N–H and O–H groups in total. The Labute approximate surface area is 196 Å². The Hall–Kier alpha value is -3.15. The lowest BCUT2D eigenvalue weighted by Gasteiger charge is -2.14. The maximum Gasteiger partial charge on any atom is 0.220 e. The van der Waals surface area contributed by atoms with Gasteiger partial charge < -0.3 is 16.2 Å². The van der Waals surface area contributed by atoms with E-state index in [1.54, 1.807) is 32.0 Å². The van der Waals surface area contributed by atoms with E-state index in [0.29, 0.717) is 33.2 Å². The number of anilines is 2. The molecular weight excluding hydrogens is 469 g/mol. The summed E-state index contributed by atoms with van der Waals surface area (Å²) in [5.41, 5.74) is 12.2. The third kappa shape index (κ3) is 4.80. The first-order valence-electron chi connectivity index (χ1n) is 9.70. The average Bonchev–Trinajstić information content (AvgIpc) is 3.20. The van der Waals surface area contributed by atoms with Crippen LogP contribution in [0, 0.1) is 17.5 Å². The molecule has 0 fully saturated rings. The standard InChI is InChI=1S/C22H19F3N6S2/c1-22(2,27)20-30-17(19(32-20)15-9-10-28-21(26)29-15)11-5-3-8-14(16(11)25)31-33-18-12(23)6-4-7-13(18)24/h3-10,31H,27H2,1-2H3,(H2,26,28,29). The molecular formula is C22H19F3N6S2. The van der Waals surface area contributed by atoms with Crippen molar-refractivity contribution in [1.29, 1.82) is 0 Å². The van der Waals surface area contributed by atoms with E-state index in [0.717, 1.165) is 12.1 Å². The molecule has 0 spiro atoms. The molecule has 0 aliphatic heterocycles. The van der Waals surface area contributed by atoms with Gasteiger partial charge in [0.05, 0.1) is 32.4 Å². The van der Waals surface area contributed by atoms with Crippen molar-refractivity contribution in [2.24, 2.45) is 5.73 Å². The molecule has 0 aliphatic rings. The third-order valence-corrected chi connectivity index (χ3v) is 6.85. The number of aromatic nitrogens is 3. The summed E-state index contributed by atoms with van der Waals surface area (Å²) < 4.78 is 46.1. The summed E-state index contributed by atoms with van der Waals surface area (Å²) in [7, 11) is 0. The van der Waals surface area contributed by atoms with Gasteiger partial charge in [-0.15, -0.1) is 11.3 Å². The lowest BCUT2D eigenvalue weighted by atomic mass is 10.1. The van der Waals surface area contributed by atoms with Gasteiger partial charge in [0, 0.05) is 11.8 Å². The monoisotopic (exact) mass is 488 g/mol. The van der Waals surface area contributed by atoms with Crippen molar-refractivity contribution in [2.75, 3.05) is 10.5 Å². The average molecular weight is 489 g/mol. The minimum Gasteiger partial charge on any atom is -0.368 e. The molecule has 4 aromatic rings. The predicted molar refractivity (Wildman–Crippen MR) is 126 cm³/mol. The molecule has 6 nitrogen and oxygen atoms in total. The first-order valence-corrected chi connectivity index (χ1v) is 11.3. The molecule has 0 saturated heterocycles. The van der Waals surface area contributed by atoms with Crippen LogP contribution in [0.2, 0.25) is 0 Å². The number of benzene rings is 2. The smallest absolute Gasteiger partial charge is 0.220 e. The molecule has 170 valence electrons. The van der Waals surface area contributed by atoms with E-state index in [1.165, 1.54) is 29.7 Å². The van der Waals surface area contributed by atoms with Crippen LogP contribution in [0.4, 0.5) is 24.8 Å². The highest BCUT2D eigenvalue weighted by atomic mass is 32.2. The van der Waals surface area contributed by atoms with Gasteiger partial charge >= 0.3 is 0 Å². The van der Waals surface area contributed by atoms with Crippen LogP contribution in [-0.2, 0) is 5.54 Å². The maximum atomic E-state index is 15.6. The summed E-state index contributed by atoms with van der Waals surface area (Å²) in [6.07, 6.45) is 1.50. The van der Waals surface area contributed by atoms with E-state index < -0.39 is 23.0 Å². The van der Waals surface area contributed by atoms with Crippen LogP contribution in [0.3, 0.4) is 0 Å². The first-order chi connectivity index (χ1) is 15.6. The number of nitrogens with two attached hydrogens (primary N) is 2. The summed E-state index contributed by atoms with van der Waals surface area (Å²) in [5, 5.41) is 0.574. The number of nitrogens with zero attached hydrogens (tertiary/aromatic N) is 3. The van der Waals surface area contributed by atoms with Crippen molar-refractivity contribution in [3.05, 3.63) is 71.1 Å². The second-order valence-corrected chi connectivity index (χ2v) is 9.46. The van der Waals surface area contributed by atoms with E-state index in [1.807, 2.05) is 0 Å². The highest BCUT2D eigenvalue weighted by Crippen LogP contribution is 2.41. The Kier molecular flexibility index (Phi) is 6.28. The van der Waals surface area contributed by atoms with E-state index >= 15 is 4.39 Å². The molecule has 0 aliphatic carbocycles. The number of nitrogens with one attached hydrogen (secondary N) is 1. The Morgan fingerprint density at radius 2 is 1.70 bits per heavy atom. The van der Waals surface area contributed by atoms with E-state index in [4.69, 9.17) is 11.5 Å². The fourth-order valence-electron chi connectivity index (χ4n) is 2.93. The highest BCUT2D eigenvalue weighted by molar-refractivity contribution is 8.00. The molecule has 0 saturated carbocycles. The summed E-state index contributed by atoms with van der Waals surface area (Å²) >= 11 is 1.92. The molecule has 2 aromatic carbocycles. The fraction of sp³-hybridized carbons (Fsp3) is 0.136. The second kappa shape index (κ2) is 9.00. The lowest BCUT2D eigenvalue weighted by molar-refractivity contribution is 0.541. The third-order valence-electron chi connectivity index (χ3n) is 4.52. The van der Waals surface area contributed by atoms with E-state index in [9.17, 15) is 8.78 Å². The zero-order valence-corrected chi connectivity index (χ0v) is 19.2. The number of nitrogen functional groups attached to an aromatic ring is 1. The Morgan fingerprint density at radius 3 is 2.36 bits per heavy atom. The Morgan fingerprint density at radius 1 is 1.00 bits per heavy atom. The van der Waals surface area contributed by atoms with Crippen molar-refractivity contribution in [1.82, 2.24) is 15.0 Å². The number of halogens is 3. The Bertz CT molecular complexity index is 1300. The number of rotatable bonds is 6. The summed E-state index contributed by atoms with van der Waals surface area (Å²) in [6.45, 7) is 3.59. The van der Waals surface area contributed by atoms with Gasteiger partial charge in [-0.3, -0.25) is 0 Å². The van der Waals surface area contributed by atoms with Crippen LogP contribution in [0.1, 0.15) is 18.9 Å². The quantitative estimate of drug-likeness (QED) is 0.305. The molecule has 33 heavy (non-hydrogen) atoms. The van der Waals surface area contributed by atoms with Gasteiger partial charge in [0.25, 0.3) is 0 Å². The maximum absolute atomic E-state index is 15.6. The van der Waals surface area contributed by atoms with Crippen molar-refractivity contribution < 1.29 is 13.2 Å². The summed E-state index contributed by atoms with van der Waals surface area (Å²) in [4.78, 5) is 13.1. The lowest BCUT2D eigenvalue weighted by Crippen LogP contribution is -2.28. The number of thiazole rings is 1. The fourth-order valence-corrected chi connectivity index (χ4v) is 4.70. The van der Waals surface area contributed by atoms with E-state index in [-0.39, 0.29) is 22.1 Å². The molecule has 0 unspecified atom stereocenters. The van der Waals surface area contributed by atoms with Gasteiger partial charge in [0.2, 0.25) is 5.95 Å². The summed E-state index contributed by atoms with van der Waals surface area (Å²) in [5.74, 6) is -2.07. The van der Waals surface area contributed by atoms with Gasteiger partial charge in [-0.05, 0) is 56.1 Å². The number of hydrogen-bond donors (Lipinski definition) is 3. The Balaban J connectivity index is 1.77. The molecule has 0 radical (unpaired) electrons. The molecule has 2 aromatic heterocycles. The molecule has 0 atom stereocenters. The molecule has 2 heterocycles. The van der Waals surface area contributed by atoms with Crippen molar-refractivity contribution in [2.45, 2.75) is 24.3 Å². The van der Waals surface area contributed by atoms with Crippen LogP contribution in [0.5, 0.6) is 0 Å². The first kappa shape index (κ1) is 23.0. The van der Waals surface area contributed by atoms with Crippen LogP contribution in [-0.4, -0.2) is 15.0 Å². The normalized spacial score (nSPS) is 11.6. The SMILES string of the molecule is CC(C)(N)c1nc(-c2cccc(NSc3c(F)cccc3F)c2F)c(-c2ccnc(N)n2)s1. The molecule has 0 bridgehead atoms. The van der Waals surface area contributed by atoms with Gasteiger partial charge in [-0.2, -0.15) is 0 Å². The van der Waals surface area contributed by atoms with Crippen molar-refractivity contribution in [3.8, 4) is 21.8 Å². The van der Waals surface area contributed by atoms with Gasteiger partial charge in [0.1, 0.15) is 16.6 Å². The van der Waals surface area contributed by atoms with Gasteiger partial charge in [-0.1, -0.05) is 12.1 Å². The minimum absolute atomic E-state index is 0.0369. The van der Waals surface area contributed by atoms with Crippen LogP contribution in [0.15, 0.2) is 53.6 Å². The molecule has 4 rings (SSSR count). The van der Waals surface area contributed by atoms with Gasteiger partial charge in [0.15, 0.2) is 5.82 Å². The van der Waals surface area contributed by atoms with Crippen molar-refractivity contribution in [3.63, 3.8) is 0 Å². The highest BCUT2D eigenvalue weighted by Gasteiger charge is 2.26.